The number of nitrogens with zero attached hydrogens (tertiary/aromatic N) is 1. The first-order valence-electron chi connectivity index (χ1n) is 8.05. The van der Waals surface area contributed by atoms with Crippen molar-refractivity contribution in [1.82, 2.24) is 0 Å². The SMILES string of the molecule is CCCCc1ccc(NC(=O)/C(C#N)=C\Nc2ccccc2)cc1. The monoisotopic (exact) mass is 319 g/mol. The number of para-hydroxylation sites is 1. The van der Waals surface area contributed by atoms with Crippen LogP contribution in [0, 0.1) is 11.3 Å². The molecule has 0 atom stereocenters. The van der Waals surface area contributed by atoms with Crippen molar-refractivity contribution >= 4 is 17.3 Å². The van der Waals surface area contributed by atoms with Gasteiger partial charge < -0.3 is 10.6 Å². The van der Waals surface area contributed by atoms with Crippen LogP contribution in [0.15, 0.2) is 66.4 Å². The number of carbonyl (C=O) groups excluding carboxylic acids is 1. The predicted octanol–water partition coefficient (Wildman–Crippen LogP) is 4.49. The molecule has 1 amide bonds. The summed E-state index contributed by atoms with van der Waals surface area (Å²) in [6, 6.07) is 19.0. The second-order valence-corrected chi connectivity index (χ2v) is 5.43. The molecule has 0 saturated carbocycles. The Balaban J connectivity index is 1.97. The Morgan fingerprint density at radius 2 is 1.79 bits per heavy atom. The number of hydrogen-bond acceptors (Lipinski definition) is 3. The van der Waals surface area contributed by atoms with Crippen LogP contribution in [0.2, 0.25) is 0 Å². The number of aryl methyl sites for hydroxylation is 1. The highest BCUT2D eigenvalue weighted by molar-refractivity contribution is 6.06. The summed E-state index contributed by atoms with van der Waals surface area (Å²) in [6.07, 6.45) is 4.76. The molecule has 0 bridgehead atoms. The van der Waals surface area contributed by atoms with Crippen LogP contribution in [-0.4, -0.2) is 5.91 Å². The molecule has 0 aliphatic heterocycles. The molecule has 0 fully saturated rings. The first-order valence-corrected chi connectivity index (χ1v) is 8.05. The Hall–Kier alpha value is -3.06. The van der Waals surface area contributed by atoms with Crippen molar-refractivity contribution in [1.29, 1.82) is 5.26 Å². The van der Waals surface area contributed by atoms with Gasteiger partial charge in [-0.1, -0.05) is 43.7 Å². The van der Waals surface area contributed by atoms with Gasteiger partial charge in [-0.3, -0.25) is 4.79 Å². The quantitative estimate of drug-likeness (QED) is 0.584. The second kappa shape index (κ2) is 9.16. The summed E-state index contributed by atoms with van der Waals surface area (Å²) in [5, 5.41) is 14.9. The van der Waals surface area contributed by atoms with Gasteiger partial charge in [0.1, 0.15) is 11.6 Å². The van der Waals surface area contributed by atoms with Crippen LogP contribution in [0.25, 0.3) is 0 Å². The number of rotatable bonds is 7. The van der Waals surface area contributed by atoms with Gasteiger partial charge >= 0.3 is 0 Å². The summed E-state index contributed by atoms with van der Waals surface area (Å²) >= 11 is 0. The molecule has 0 heterocycles. The van der Waals surface area contributed by atoms with Crippen molar-refractivity contribution in [3.63, 3.8) is 0 Å². The van der Waals surface area contributed by atoms with Crippen LogP contribution in [-0.2, 0) is 11.2 Å². The van der Waals surface area contributed by atoms with Gasteiger partial charge in [-0.25, -0.2) is 0 Å². The van der Waals surface area contributed by atoms with Crippen molar-refractivity contribution in [2.75, 3.05) is 10.6 Å². The average Bonchev–Trinajstić information content (AvgIpc) is 2.62. The topological polar surface area (TPSA) is 64.9 Å². The largest absolute Gasteiger partial charge is 0.360 e. The minimum atomic E-state index is -0.428. The van der Waals surface area contributed by atoms with Crippen molar-refractivity contribution in [2.45, 2.75) is 26.2 Å². The highest BCUT2D eigenvalue weighted by Gasteiger charge is 2.09. The highest BCUT2D eigenvalue weighted by Crippen LogP contribution is 2.13. The van der Waals surface area contributed by atoms with Crippen molar-refractivity contribution in [3.8, 4) is 6.07 Å². The fourth-order valence-corrected chi connectivity index (χ4v) is 2.17. The molecule has 0 aromatic heterocycles. The van der Waals surface area contributed by atoms with Crippen LogP contribution in [0.4, 0.5) is 11.4 Å². The van der Waals surface area contributed by atoms with E-state index < -0.39 is 5.91 Å². The fourth-order valence-electron chi connectivity index (χ4n) is 2.17. The Labute approximate surface area is 142 Å². The molecule has 2 aromatic carbocycles. The summed E-state index contributed by atoms with van der Waals surface area (Å²) in [4.78, 5) is 12.2. The van der Waals surface area contributed by atoms with E-state index in [2.05, 4.69) is 17.6 Å². The third-order valence-corrected chi connectivity index (χ3v) is 3.55. The number of benzene rings is 2. The van der Waals surface area contributed by atoms with Gasteiger partial charge in [0.15, 0.2) is 0 Å². The molecule has 2 N–H and O–H groups in total. The second-order valence-electron chi connectivity index (χ2n) is 5.43. The number of hydrogen-bond donors (Lipinski definition) is 2. The molecule has 0 saturated heterocycles. The molecule has 4 heteroatoms. The van der Waals surface area contributed by atoms with E-state index in [0.29, 0.717) is 5.69 Å². The van der Waals surface area contributed by atoms with E-state index in [9.17, 15) is 10.1 Å². The number of unbranched alkanes of at least 4 members (excludes halogenated alkanes) is 1. The fraction of sp³-hybridized carbons (Fsp3) is 0.200. The van der Waals surface area contributed by atoms with Gasteiger partial charge in [0.25, 0.3) is 5.91 Å². The lowest BCUT2D eigenvalue weighted by atomic mass is 10.1. The van der Waals surface area contributed by atoms with Crippen LogP contribution < -0.4 is 10.6 Å². The highest BCUT2D eigenvalue weighted by atomic mass is 16.1. The third kappa shape index (κ3) is 5.29. The maximum absolute atomic E-state index is 12.2. The molecule has 122 valence electrons. The lowest BCUT2D eigenvalue weighted by Crippen LogP contribution is -2.14. The average molecular weight is 319 g/mol. The van der Waals surface area contributed by atoms with Gasteiger partial charge in [0, 0.05) is 17.6 Å². The zero-order valence-electron chi connectivity index (χ0n) is 13.8. The summed E-state index contributed by atoms with van der Waals surface area (Å²) < 4.78 is 0. The first-order chi connectivity index (χ1) is 11.7. The molecule has 0 unspecified atom stereocenters. The zero-order valence-corrected chi connectivity index (χ0v) is 13.8. The molecule has 2 rings (SSSR count). The lowest BCUT2D eigenvalue weighted by molar-refractivity contribution is -0.112. The van der Waals surface area contributed by atoms with Crippen LogP contribution in [0.1, 0.15) is 25.3 Å². The number of amides is 1. The lowest BCUT2D eigenvalue weighted by Gasteiger charge is -2.06. The van der Waals surface area contributed by atoms with Crippen molar-refractivity contribution in [3.05, 3.63) is 71.9 Å². The molecule has 4 nitrogen and oxygen atoms in total. The Morgan fingerprint density at radius 1 is 1.08 bits per heavy atom. The maximum atomic E-state index is 12.2. The molecule has 0 aliphatic rings. The molecular formula is C20H21N3O. The van der Waals surface area contributed by atoms with E-state index in [1.54, 1.807) is 0 Å². The van der Waals surface area contributed by atoms with E-state index in [0.717, 1.165) is 24.9 Å². The van der Waals surface area contributed by atoms with Gasteiger partial charge in [0.05, 0.1) is 0 Å². The Kier molecular flexibility index (Phi) is 6.60. The van der Waals surface area contributed by atoms with E-state index >= 15 is 0 Å². The molecule has 0 radical (unpaired) electrons. The molecule has 0 aliphatic carbocycles. The number of nitrogens with one attached hydrogen (secondary N) is 2. The number of anilines is 2. The predicted molar refractivity (Wildman–Crippen MR) is 97.4 cm³/mol. The summed E-state index contributed by atoms with van der Waals surface area (Å²) in [5.41, 5.74) is 2.77. The zero-order chi connectivity index (χ0) is 17.2. The van der Waals surface area contributed by atoms with Gasteiger partial charge in [-0.2, -0.15) is 5.26 Å². The van der Waals surface area contributed by atoms with Crippen molar-refractivity contribution < 1.29 is 4.79 Å². The summed E-state index contributed by atoms with van der Waals surface area (Å²) in [7, 11) is 0. The maximum Gasteiger partial charge on any atom is 0.267 e. The third-order valence-electron chi connectivity index (χ3n) is 3.55. The van der Waals surface area contributed by atoms with E-state index in [4.69, 9.17) is 0 Å². The molecule has 2 aromatic rings. The minimum absolute atomic E-state index is 0.0221. The number of nitriles is 1. The molecular weight excluding hydrogens is 298 g/mol. The normalized spacial score (nSPS) is 10.8. The summed E-state index contributed by atoms with van der Waals surface area (Å²) in [6.45, 7) is 2.16. The van der Waals surface area contributed by atoms with Crippen LogP contribution in [0.3, 0.4) is 0 Å². The summed E-state index contributed by atoms with van der Waals surface area (Å²) in [5.74, 6) is -0.428. The van der Waals surface area contributed by atoms with Gasteiger partial charge in [-0.05, 0) is 42.7 Å². The van der Waals surface area contributed by atoms with E-state index in [1.807, 2.05) is 60.7 Å². The first kappa shape index (κ1) is 17.3. The standard InChI is InChI=1S/C20H21N3O/c1-2-3-7-16-10-12-19(13-11-16)23-20(24)17(14-21)15-22-18-8-5-4-6-9-18/h4-6,8-13,15,22H,2-3,7H2,1H3,(H,23,24)/b17-15-. The number of carbonyl (C=O) groups is 1. The van der Waals surface area contributed by atoms with Gasteiger partial charge in [-0.15, -0.1) is 0 Å². The van der Waals surface area contributed by atoms with E-state index in [-0.39, 0.29) is 5.57 Å². The molecule has 24 heavy (non-hydrogen) atoms. The van der Waals surface area contributed by atoms with E-state index in [1.165, 1.54) is 11.8 Å². The molecule has 0 spiro atoms. The smallest absolute Gasteiger partial charge is 0.267 e. The minimum Gasteiger partial charge on any atom is -0.360 e. The Bertz CT molecular complexity index is 728. The Morgan fingerprint density at radius 3 is 2.42 bits per heavy atom. The van der Waals surface area contributed by atoms with Crippen LogP contribution in [0.5, 0.6) is 0 Å². The van der Waals surface area contributed by atoms with Crippen molar-refractivity contribution in [2.24, 2.45) is 0 Å². The van der Waals surface area contributed by atoms with Crippen LogP contribution >= 0.6 is 0 Å². The van der Waals surface area contributed by atoms with Gasteiger partial charge in [0.2, 0.25) is 0 Å².